The van der Waals surface area contributed by atoms with Crippen molar-refractivity contribution in [1.82, 2.24) is 0 Å². The van der Waals surface area contributed by atoms with Crippen molar-refractivity contribution in [3.05, 3.63) is 52.5 Å². The van der Waals surface area contributed by atoms with Crippen molar-refractivity contribution in [2.24, 2.45) is 0 Å². The molecule has 0 saturated heterocycles. The zero-order valence-corrected chi connectivity index (χ0v) is 15.6. The fourth-order valence-electron chi connectivity index (χ4n) is 2.27. The first-order chi connectivity index (χ1) is 11.5. The summed E-state index contributed by atoms with van der Waals surface area (Å²) >= 11 is 3.48. The number of nitrogens with one attached hydrogen (secondary N) is 1. The SMILES string of the molecule is COc1ccc(NC(=O)C[NH2+][C@H](C)c2ccc(OC)c(Br)c2)cc1. The molecule has 0 unspecified atom stereocenters. The minimum Gasteiger partial charge on any atom is -0.497 e. The first kappa shape index (κ1) is 18.3. The van der Waals surface area contributed by atoms with E-state index < -0.39 is 0 Å². The van der Waals surface area contributed by atoms with E-state index in [1.54, 1.807) is 14.2 Å². The smallest absolute Gasteiger partial charge is 0.279 e. The van der Waals surface area contributed by atoms with Crippen LogP contribution in [0.2, 0.25) is 0 Å². The standard InChI is InChI=1S/C18H21BrN2O3/c1-12(13-4-9-17(24-3)16(19)10-13)20-11-18(22)21-14-5-7-15(23-2)8-6-14/h4-10,12,20H,11H2,1-3H3,(H,21,22)/p+1/t12-/m1/s1. The molecule has 3 N–H and O–H groups in total. The first-order valence-electron chi connectivity index (χ1n) is 7.64. The van der Waals surface area contributed by atoms with Crippen LogP contribution in [0.1, 0.15) is 18.5 Å². The van der Waals surface area contributed by atoms with Crippen molar-refractivity contribution in [3.63, 3.8) is 0 Å². The third kappa shape index (κ3) is 4.97. The second-order valence-electron chi connectivity index (χ2n) is 5.40. The van der Waals surface area contributed by atoms with E-state index in [-0.39, 0.29) is 11.9 Å². The summed E-state index contributed by atoms with van der Waals surface area (Å²) in [5.41, 5.74) is 1.88. The summed E-state index contributed by atoms with van der Waals surface area (Å²) in [5.74, 6) is 1.51. The van der Waals surface area contributed by atoms with Gasteiger partial charge in [0.2, 0.25) is 0 Å². The molecule has 6 heteroatoms. The van der Waals surface area contributed by atoms with Gasteiger partial charge >= 0.3 is 0 Å². The normalized spacial score (nSPS) is 11.7. The lowest BCUT2D eigenvalue weighted by molar-refractivity contribution is -0.682. The fourth-order valence-corrected chi connectivity index (χ4v) is 2.83. The molecule has 0 heterocycles. The summed E-state index contributed by atoms with van der Waals surface area (Å²) in [6, 6.07) is 13.4. The van der Waals surface area contributed by atoms with Gasteiger partial charge in [-0.1, -0.05) is 0 Å². The number of hydrogen-bond donors (Lipinski definition) is 2. The number of halogens is 1. The summed E-state index contributed by atoms with van der Waals surface area (Å²) in [6.45, 7) is 2.41. The maximum Gasteiger partial charge on any atom is 0.279 e. The van der Waals surface area contributed by atoms with Crippen LogP contribution >= 0.6 is 15.9 Å². The third-order valence-electron chi connectivity index (χ3n) is 3.73. The molecule has 0 aliphatic heterocycles. The number of carbonyl (C=O) groups excluding carboxylic acids is 1. The fraction of sp³-hybridized carbons (Fsp3) is 0.278. The summed E-state index contributed by atoms with van der Waals surface area (Å²) in [7, 11) is 3.25. The minimum absolute atomic E-state index is 0.0420. The number of methoxy groups -OCH3 is 2. The maximum atomic E-state index is 12.1. The van der Waals surface area contributed by atoms with Crippen LogP contribution in [-0.2, 0) is 4.79 Å². The van der Waals surface area contributed by atoms with Crippen molar-refractivity contribution in [2.45, 2.75) is 13.0 Å². The van der Waals surface area contributed by atoms with Gasteiger partial charge in [-0.2, -0.15) is 0 Å². The molecule has 2 aromatic rings. The second-order valence-corrected chi connectivity index (χ2v) is 6.25. The highest BCUT2D eigenvalue weighted by molar-refractivity contribution is 9.10. The predicted molar refractivity (Wildman–Crippen MR) is 97.5 cm³/mol. The number of quaternary nitrogens is 1. The quantitative estimate of drug-likeness (QED) is 0.759. The van der Waals surface area contributed by atoms with Gasteiger partial charge < -0.3 is 20.1 Å². The molecule has 0 radical (unpaired) electrons. The molecule has 2 rings (SSSR count). The molecular formula is C18H22BrN2O3+. The molecule has 128 valence electrons. The molecule has 1 atom stereocenters. The average molecular weight is 394 g/mol. The Morgan fingerprint density at radius 3 is 2.46 bits per heavy atom. The van der Waals surface area contributed by atoms with Gasteiger partial charge in [-0.3, -0.25) is 4.79 Å². The Morgan fingerprint density at radius 1 is 1.17 bits per heavy atom. The minimum atomic E-state index is -0.0420. The van der Waals surface area contributed by atoms with Crippen molar-refractivity contribution in [3.8, 4) is 11.5 Å². The molecule has 2 aromatic carbocycles. The molecular weight excluding hydrogens is 372 g/mol. The molecule has 0 aliphatic carbocycles. The van der Waals surface area contributed by atoms with Crippen molar-refractivity contribution < 1.29 is 19.6 Å². The van der Waals surface area contributed by atoms with Crippen LogP contribution in [0.25, 0.3) is 0 Å². The zero-order chi connectivity index (χ0) is 17.5. The summed E-state index contributed by atoms with van der Waals surface area (Å²) < 4.78 is 11.2. The number of benzene rings is 2. The molecule has 5 nitrogen and oxygen atoms in total. The van der Waals surface area contributed by atoms with E-state index >= 15 is 0 Å². The Hall–Kier alpha value is -2.05. The Morgan fingerprint density at radius 2 is 1.88 bits per heavy atom. The number of carbonyl (C=O) groups is 1. The lowest BCUT2D eigenvalue weighted by Gasteiger charge is -2.13. The topological polar surface area (TPSA) is 64.2 Å². The van der Waals surface area contributed by atoms with Gasteiger partial charge in [0.15, 0.2) is 6.54 Å². The number of hydrogen-bond acceptors (Lipinski definition) is 3. The van der Waals surface area contributed by atoms with Gasteiger partial charge in [-0.05, 0) is 65.3 Å². The Kier molecular flexibility index (Phi) is 6.63. The lowest BCUT2D eigenvalue weighted by atomic mass is 10.1. The number of anilines is 1. The van der Waals surface area contributed by atoms with Gasteiger partial charge in [0.05, 0.1) is 18.7 Å². The number of nitrogens with two attached hydrogens (primary N) is 1. The summed E-state index contributed by atoms with van der Waals surface area (Å²) in [6.07, 6.45) is 0. The maximum absolute atomic E-state index is 12.1. The van der Waals surface area contributed by atoms with E-state index in [0.29, 0.717) is 6.54 Å². The molecule has 1 amide bonds. The zero-order valence-electron chi connectivity index (χ0n) is 14.0. The van der Waals surface area contributed by atoms with Crippen molar-refractivity contribution >= 4 is 27.5 Å². The van der Waals surface area contributed by atoms with Gasteiger partial charge in [0.25, 0.3) is 5.91 Å². The molecule has 0 bridgehead atoms. The van der Waals surface area contributed by atoms with E-state index in [1.165, 1.54) is 0 Å². The Labute approximate surface area is 150 Å². The van der Waals surface area contributed by atoms with Crippen LogP contribution in [0.3, 0.4) is 0 Å². The third-order valence-corrected chi connectivity index (χ3v) is 4.35. The van der Waals surface area contributed by atoms with Crippen LogP contribution in [0.4, 0.5) is 5.69 Å². The second kappa shape index (κ2) is 8.70. The molecule has 0 saturated carbocycles. The van der Waals surface area contributed by atoms with Gasteiger partial charge in [-0.25, -0.2) is 0 Å². The summed E-state index contributed by atoms with van der Waals surface area (Å²) in [5, 5.41) is 4.87. The molecule has 0 aliphatic rings. The van der Waals surface area contributed by atoms with Crippen LogP contribution in [-0.4, -0.2) is 26.7 Å². The highest BCUT2D eigenvalue weighted by Gasteiger charge is 2.13. The average Bonchev–Trinajstić information content (AvgIpc) is 2.60. The number of rotatable bonds is 7. The molecule has 0 fully saturated rings. The molecule has 0 spiro atoms. The molecule has 24 heavy (non-hydrogen) atoms. The van der Waals surface area contributed by atoms with Gasteiger partial charge in [0.1, 0.15) is 17.5 Å². The van der Waals surface area contributed by atoms with E-state index in [2.05, 4.69) is 28.2 Å². The Bertz CT molecular complexity index is 689. The van der Waals surface area contributed by atoms with Gasteiger partial charge in [-0.15, -0.1) is 0 Å². The predicted octanol–water partition coefficient (Wildman–Crippen LogP) is 2.73. The lowest BCUT2D eigenvalue weighted by Crippen LogP contribution is -2.86. The van der Waals surface area contributed by atoms with Crippen LogP contribution in [0, 0.1) is 0 Å². The van der Waals surface area contributed by atoms with E-state index in [9.17, 15) is 4.79 Å². The molecule has 0 aromatic heterocycles. The number of ether oxygens (including phenoxy) is 2. The van der Waals surface area contributed by atoms with Gasteiger partial charge in [0, 0.05) is 11.3 Å². The van der Waals surface area contributed by atoms with Crippen molar-refractivity contribution in [1.29, 1.82) is 0 Å². The van der Waals surface area contributed by atoms with E-state index in [1.807, 2.05) is 47.8 Å². The monoisotopic (exact) mass is 393 g/mol. The van der Waals surface area contributed by atoms with E-state index in [4.69, 9.17) is 9.47 Å². The van der Waals surface area contributed by atoms with Crippen LogP contribution in [0.5, 0.6) is 11.5 Å². The largest absolute Gasteiger partial charge is 0.497 e. The van der Waals surface area contributed by atoms with E-state index in [0.717, 1.165) is 27.2 Å². The highest BCUT2D eigenvalue weighted by atomic mass is 79.9. The van der Waals surface area contributed by atoms with Crippen LogP contribution in [0.15, 0.2) is 46.9 Å². The first-order valence-corrected chi connectivity index (χ1v) is 8.43. The van der Waals surface area contributed by atoms with Crippen molar-refractivity contribution in [2.75, 3.05) is 26.1 Å². The number of amides is 1. The van der Waals surface area contributed by atoms with Crippen LogP contribution < -0.4 is 20.1 Å². The summed E-state index contributed by atoms with van der Waals surface area (Å²) in [4.78, 5) is 12.1. The highest BCUT2D eigenvalue weighted by Crippen LogP contribution is 2.27. The Balaban J connectivity index is 1.87.